The first-order valence-corrected chi connectivity index (χ1v) is 6.73. The number of Topliss-reactive ketones (excluding diaryl/α,β-unsaturated/α-hetero) is 1. The first-order valence-electron chi connectivity index (χ1n) is 6.73. The van der Waals surface area contributed by atoms with Gasteiger partial charge in [-0.3, -0.25) is 4.79 Å². The molecule has 2 rings (SSSR count). The summed E-state index contributed by atoms with van der Waals surface area (Å²) in [6.45, 7) is 2.05. The van der Waals surface area contributed by atoms with Crippen molar-refractivity contribution in [2.24, 2.45) is 0 Å². The van der Waals surface area contributed by atoms with Crippen LogP contribution in [0.15, 0.2) is 48.5 Å². The molecular weight excluding hydrogens is 252 g/mol. The highest BCUT2D eigenvalue weighted by molar-refractivity contribution is 5.97. The molecule has 2 aromatic rings. The second-order valence-corrected chi connectivity index (χ2v) is 4.62. The summed E-state index contributed by atoms with van der Waals surface area (Å²) < 4.78 is 5.50. The van der Waals surface area contributed by atoms with Crippen LogP contribution in [0.3, 0.4) is 0 Å². The normalized spacial score (nSPS) is 10.2. The molecule has 0 aliphatic carbocycles. The van der Waals surface area contributed by atoms with Crippen molar-refractivity contribution in [3.8, 4) is 11.5 Å². The van der Waals surface area contributed by atoms with Crippen LogP contribution >= 0.6 is 0 Å². The number of carbonyl (C=O) groups is 1. The third-order valence-corrected chi connectivity index (χ3v) is 3.04. The number of carbonyl (C=O) groups excluding carboxylic acids is 1. The van der Waals surface area contributed by atoms with E-state index < -0.39 is 0 Å². The predicted octanol–water partition coefficient (Wildman–Crippen LogP) is 3.61. The Bertz CT molecular complexity index is 576. The fourth-order valence-electron chi connectivity index (χ4n) is 1.98. The van der Waals surface area contributed by atoms with Crippen LogP contribution in [0.1, 0.15) is 29.3 Å². The lowest BCUT2D eigenvalue weighted by Gasteiger charge is -2.09. The molecule has 104 valence electrons. The Morgan fingerprint density at radius 2 is 1.90 bits per heavy atom. The molecule has 0 amide bonds. The van der Waals surface area contributed by atoms with E-state index in [0.717, 1.165) is 18.4 Å². The standard InChI is InChI=1S/C17H18O3/c1-2-6-14-11-15(9-10-16(14)18)20-12-17(19)13-7-4-3-5-8-13/h3-5,7-11,18H,2,6,12H2,1H3. The van der Waals surface area contributed by atoms with E-state index in [1.54, 1.807) is 30.3 Å². The monoisotopic (exact) mass is 270 g/mol. The largest absolute Gasteiger partial charge is 0.508 e. The molecule has 0 fully saturated rings. The highest BCUT2D eigenvalue weighted by Gasteiger charge is 2.07. The topological polar surface area (TPSA) is 46.5 Å². The molecule has 3 heteroatoms. The first kappa shape index (κ1) is 14.1. The number of ketones is 1. The fraction of sp³-hybridized carbons (Fsp3) is 0.235. The minimum Gasteiger partial charge on any atom is -0.508 e. The Kier molecular flexibility index (Phi) is 4.77. The number of phenolic OH excluding ortho intramolecular Hbond substituents is 1. The Morgan fingerprint density at radius 1 is 1.15 bits per heavy atom. The molecule has 1 N–H and O–H groups in total. The van der Waals surface area contributed by atoms with E-state index in [2.05, 4.69) is 0 Å². The molecule has 0 spiro atoms. The summed E-state index contributed by atoms with van der Waals surface area (Å²) in [4.78, 5) is 11.9. The Labute approximate surface area is 118 Å². The minimum atomic E-state index is -0.0595. The molecular formula is C17H18O3. The highest BCUT2D eigenvalue weighted by atomic mass is 16.5. The van der Waals surface area contributed by atoms with Crippen molar-refractivity contribution in [2.75, 3.05) is 6.61 Å². The van der Waals surface area contributed by atoms with Crippen LogP contribution in [0, 0.1) is 0 Å². The van der Waals surface area contributed by atoms with Crippen LogP contribution in [0.25, 0.3) is 0 Å². The summed E-state index contributed by atoms with van der Waals surface area (Å²) in [5.41, 5.74) is 1.48. The summed E-state index contributed by atoms with van der Waals surface area (Å²) in [5.74, 6) is 0.819. The Morgan fingerprint density at radius 3 is 2.60 bits per heavy atom. The number of aromatic hydroxyl groups is 1. The van der Waals surface area contributed by atoms with E-state index in [1.165, 1.54) is 0 Å². The third-order valence-electron chi connectivity index (χ3n) is 3.04. The molecule has 0 bridgehead atoms. The van der Waals surface area contributed by atoms with Crippen molar-refractivity contribution in [2.45, 2.75) is 19.8 Å². The molecule has 3 nitrogen and oxygen atoms in total. The number of hydrogen-bond donors (Lipinski definition) is 1. The maximum atomic E-state index is 11.9. The Hall–Kier alpha value is -2.29. The van der Waals surface area contributed by atoms with E-state index in [9.17, 15) is 9.90 Å². The molecule has 20 heavy (non-hydrogen) atoms. The third kappa shape index (κ3) is 3.60. The number of benzene rings is 2. The zero-order valence-electron chi connectivity index (χ0n) is 11.5. The fourth-order valence-corrected chi connectivity index (χ4v) is 1.98. The van der Waals surface area contributed by atoms with Gasteiger partial charge < -0.3 is 9.84 Å². The summed E-state index contributed by atoms with van der Waals surface area (Å²) >= 11 is 0. The zero-order valence-corrected chi connectivity index (χ0v) is 11.5. The zero-order chi connectivity index (χ0) is 14.4. The van der Waals surface area contributed by atoms with E-state index in [0.29, 0.717) is 11.3 Å². The van der Waals surface area contributed by atoms with Gasteiger partial charge in [-0.2, -0.15) is 0 Å². The molecule has 0 heterocycles. The van der Waals surface area contributed by atoms with Crippen molar-refractivity contribution in [3.05, 3.63) is 59.7 Å². The van der Waals surface area contributed by atoms with Gasteiger partial charge in [-0.15, -0.1) is 0 Å². The second kappa shape index (κ2) is 6.75. The number of hydrogen-bond acceptors (Lipinski definition) is 3. The maximum Gasteiger partial charge on any atom is 0.200 e. The SMILES string of the molecule is CCCc1cc(OCC(=O)c2ccccc2)ccc1O. The van der Waals surface area contributed by atoms with Crippen molar-refractivity contribution in [3.63, 3.8) is 0 Å². The number of ether oxygens (including phenoxy) is 1. The minimum absolute atomic E-state index is 0.000351. The molecule has 0 saturated carbocycles. The maximum absolute atomic E-state index is 11.9. The smallest absolute Gasteiger partial charge is 0.200 e. The van der Waals surface area contributed by atoms with Crippen LogP contribution in [0.4, 0.5) is 0 Å². The van der Waals surface area contributed by atoms with Gasteiger partial charge in [0, 0.05) is 5.56 Å². The lowest BCUT2D eigenvalue weighted by molar-refractivity contribution is 0.0921. The number of aryl methyl sites for hydroxylation is 1. The molecule has 0 unspecified atom stereocenters. The molecule has 0 aliphatic heterocycles. The van der Waals surface area contributed by atoms with Gasteiger partial charge in [0.05, 0.1) is 0 Å². The van der Waals surface area contributed by atoms with Gasteiger partial charge in [-0.25, -0.2) is 0 Å². The van der Waals surface area contributed by atoms with Gasteiger partial charge in [0.25, 0.3) is 0 Å². The van der Waals surface area contributed by atoms with Crippen molar-refractivity contribution in [1.82, 2.24) is 0 Å². The van der Waals surface area contributed by atoms with E-state index >= 15 is 0 Å². The Balaban J connectivity index is 2.00. The van der Waals surface area contributed by atoms with Crippen molar-refractivity contribution >= 4 is 5.78 Å². The van der Waals surface area contributed by atoms with E-state index in [1.807, 2.05) is 25.1 Å². The summed E-state index contributed by atoms with van der Waals surface area (Å²) in [6.07, 6.45) is 1.73. The summed E-state index contributed by atoms with van der Waals surface area (Å²) in [5, 5.41) is 9.70. The lowest BCUT2D eigenvalue weighted by Crippen LogP contribution is -2.11. The molecule has 0 aromatic heterocycles. The molecule has 0 saturated heterocycles. The summed E-state index contributed by atoms with van der Waals surface area (Å²) in [6, 6.07) is 14.1. The van der Waals surface area contributed by atoms with E-state index in [-0.39, 0.29) is 18.1 Å². The van der Waals surface area contributed by atoms with Crippen LogP contribution in [-0.4, -0.2) is 17.5 Å². The van der Waals surface area contributed by atoms with Gasteiger partial charge in [0.1, 0.15) is 11.5 Å². The van der Waals surface area contributed by atoms with Gasteiger partial charge in [-0.05, 0) is 30.2 Å². The first-order chi connectivity index (χ1) is 9.70. The average molecular weight is 270 g/mol. The van der Waals surface area contributed by atoms with Gasteiger partial charge >= 0.3 is 0 Å². The molecule has 0 atom stereocenters. The van der Waals surface area contributed by atoms with Gasteiger partial charge in [0.15, 0.2) is 12.4 Å². The number of phenols is 1. The predicted molar refractivity (Wildman–Crippen MR) is 78.4 cm³/mol. The second-order valence-electron chi connectivity index (χ2n) is 4.62. The average Bonchev–Trinajstić information content (AvgIpc) is 2.49. The number of rotatable bonds is 6. The van der Waals surface area contributed by atoms with Crippen LogP contribution < -0.4 is 4.74 Å². The quantitative estimate of drug-likeness (QED) is 0.816. The molecule has 0 radical (unpaired) electrons. The van der Waals surface area contributed by atoms with Gasteiger partial charge in [0.2, 0.25) is 0 Å². The lowest BCUT2D eigenvalue weighted by atomic mass is 10.1. The van der Waals surface area contributed by atoms with Gasteiger partial charge in [-0.1, -0.05) is 43.7 Å². The molecule has 2 aromatic carbocycles. The summed E-state index contributed by atoms with van der Waals surface area (Å²) in [7, 11) is 0. The highest BCUT2D eigenvalue weighted by Crippen LogP contribution is 2.24. The van der Waals surface area contributed by atoms with E-state index in [4.69, 9.17) is 4.74 Å². The van der Waals surface area contributed by atoms with Crippen LogP contribution in [-0.2, 0) is 6.42 Å². The van der Waals surface area contributed by atoms with Crippen molar-refractivity contribution in [1.29, 1.82) is 0 Å². The van der Waals surface area contributed by atoms with Crippen LogP contribution in [0.2, 0.25) is 0 Å². The van der Waals surface area contributed by atoms with Crippen LogP contribution in [0.5, 0.6) is 11.5 Å². The van der Waals surface area contributed by atoms with Crippen molar-refractivity contribution < 1.29 is 14.6 Å². The molecule has 0 aliphatic rings.